The molecule has 0 saturated heterocycles. The van der Waals surface area contributed by atoms with Gasteiger partial charge in [-0.1, -0.05) is 64.1 Å². The first-order valence-corrected chi connectivity index (χ1v) is 13.6. The summed E-state index contributed by atoms with van der Waals surface area (Å²) in [6.45, 7) is 18.3. The fourth-order valence-electron chi connectivity index (χ4n) is 4.88. The van der Waals surface area contributed by atoms with Gasteiger partial charge >= 0.3 is 0 Å². The summed E-state index contributed by atoms with van der Waals surface area (Å²) in [5, 5.41) is 0. The van der Waals surface area contributed by atoms with E-state index in [1.807, 2.05) is 0 Å². The van der Waals surface area contributed by atoms with Crippen molar-refractivity contribution in [3.05, 3.63) is 76.9 Å². The fourth-order valence-corrected chi connectivity index (χ4v) is 6.54. The van der Waals surface area contributed by atoms with E-state index in [1.54, 1.807) is 0 Å². The monoisotopic (exact) mass is 646 g/mol. The van der Waals surface area contributed by atoms with E-state index in [9.17, 15) is 0 Å². The molecule has 0 fully saturated rings. The Morgan fingerprint density at radius 2 is 0.875 bits per heavy atom. The summed E-state index contributed by atoms with van der Waals surface area (Å²) in [6, 6.07) is 14.1. The van der Waals surface area contributed by atoms with Crippen molar-refractivity contribution in [3.63, 3.8) is 0 Å². The molecule has 0 aliphatic heterocycles. The zero-order chi connectivity index (χ0) is 23.5. The maximum absolute atomic E-state index is 2.60. The highest BCUT2D eigenvalue weighted by atomic mass is 127. The molecular formula is C30H32I2. The lowest BCUT2D eigenvalue weighted by Crippen LogP contribution is -1.87. The lowest BCUT2D eigenvalue weighted by atomic mass is 9.94. The van der Waals surface area contributed by atoms with Crippen LogP contribution < -0.4 is 0 Å². The molecule has 0 N–H and O–H groups in total. The van der Waals surface area contributed by atoms with Gasteiger partial charge in [-0.3, -0.25) is 0 Å². The molecule has 0 aromatic carbocycles. The molecule has 0 saturated carbocycles. The van der Waals surface area contributed by atoms with E-state index in [0.29, 0.717) is 11.8 Å². The average molecular weight is 646 g/mol. The van der Waals surface area contributed by atoms with Gasteiger partial charge in [-0.25, -0.2) is 0 Å². The summed E-state index contributed by atoms with van der Waals surface area (Å²) < 4.78 is 2.78. The Balaban J connectivity index is 2.14. The Kier molecular flexibility index (Phi) is 6.68. The standard InChI is InChI=1S/C30H32I2/c1-15(2)21-11-9-17(5)25-23(13-21)19(7)29(31)27(25)28-26-18(6)10-12-22(16(3)4)14-24(26)20(8)30(28)32/h9-16H,1-8H3. The maximum Gasteiger partial charge on any atom is 0.0251 e. The minimum Gasteiger partial charge on any atom is -0.0587 e. The van der Waals surface area contributed by atoms with Crippen LogP contribution in [0, 0.1) is 34.8 Å². The van der Waals surface area contributed by atoms with Crippen molar-refractivity contribution in [2.24, 2.45) is 0 Å². The third kappa shape index (κ3) is 3.79. The van der Waals surface area contributed by atoms with Crippen LogP contribution in [0.4, 0.5) is 0 Å². The molecule has 0 nitrogen and oxygen atoms in total. The molecule has 0 aromatic heterocycles. The Hall–Kier alpha value is -1.14. The molecule has 4 rings (SSSR count). The summed E-state index contributed by atoms with van der Waals surface area (Å²) in [4.78, 5) is 0. The summed E-state index contributed by atoms with van der Waals surface area (Å²) in [5.74, 6) is 1.02. The number of rotatable bonds is 3. The highest BCUT2D eigenvalue weighted by Crippen LogP contribution is 2.53. The summed E-state index contributed by atoms with van der Waals surface area (Å²) in [5.41, 5.74) is 16.8. The fraction of sp³-hybridized carbons (Fsp3) is 0.333. The van der Waals surface area contributed by atoms with Gasteiger partial charge in [-0.2, -0.15) is 0 Å². The van der Waals surface area contributed by atoms with Crippen molar-refractivity contribution in [2.45, 2.75) is 67.2 Å². The third-order valence-electron chi connectivity index (χ3n) is 6.99. The average Bonchev–Trinajstić information content (AvgIpc) is 2.95. The summed E-state index contributed by atoms with van der Waals surface area (Å²) >= 11 is 5.19. The Bertz CT molecular complexity index is 1180. The first-order valence-electron chi connectivity index (χ1n) is 11.5. The van der Waals surface area contributed by atoms with Crippen LogP contribution in [0.25, 0.3) is 33.4 Å². The number of aryl methyl sites for hydroxylation is 2. The van der Waals surface area contributed by atoms with E-state index in [-0.39, 0.29) is 0 Å². The third-order valence-corrected chi connectivity index (χ3v) is 9.69. The van der Waals surface area contributed by atoms with Crippen LogP contribution in [-0.4, -0.2) is 0 Å². The van der Waals surface area contributed by atoms with Gasteiger partial charge in [0.15, 0.2) is 0 Å². The molecule has 0 heterocycles. The molecule has 2 heteroatoms. The van der Waals surface area contributed by atoms with E-state index in [0.717, 1.165) is 0 Å². The van der Waals surface area contributed by atoms with Gasteiger partial charge in [0.05, 0.1) is 0 Å². The lowest BCUT2D eigenvalue weighted by molar-refractivity contribution is 0.868. The van der Waals surface area contributed by atoms with Crippen LogP contribution in [0.3, 0.4) is 0 Å². The second-order valence-electron chi connectivity index (χ2n) is 9.84. The zero-order valence-corrected chi connectivity index (χ0v) is 24.7. The molecule has 0 unspecified atom stereocenters. The van der Waals surface area contributed by atoms with Gasteiger partial charge in [0.25, 0.3) is 0 Å². The first kappa shape index (κ1) is 24.0. The maximum atomic E-state index is 2.60. The number of halogens is 2. The van der Waals surface area contributed by atoms with Crippen LogP contribution in [0.1, 0.15) is 72.9 Å². The second kappa shape index (κ2) is 8.90. The predicted molar refractivity (Wildman–Crippen MR) is 158 cm³/mol. The quantitative estimate of drug-likeness (QED) is 0.195. The summed E-state index contributed by atoms with van der Waals surface area (Å²) in [6.07, 6.45) is 0. The molecule has 0 bridgehead atoms. The van der Waals surface area contributed by atoms with Gasteiger partial charge in [0.1, 0.15) is 0 Å². The van der Waals surface area contributed by atoms with E-state index in [1.165, 1.54) is 73.9 Å². The van der Waals surface area contributed by atoms with Crippen LogP contribution in [0.15, 0.2) is 36.4 Å². The molecule has 32 heavy (non-hydrogen) atoms. The topological polar surface area (TPSA) is 0 Å². The molecule has 0 aromatic rings. The van der Waals surface area contributed by atoms with E-state index in [4.69, 9.17) is 0 Å². The minimum absolute atomic E-state index is 0.512. The van der Waals surface area contributed by atoms with Gasteiger partial charge in [0, 0.05) is 18.3 Å². The number of fused-ring (bicyclic) bond motifs is 2. The van der Waals surface area contributed by atoms with Crippen molar-refractivity contribution >= 4 is 45.2 Å². The predicted octanol–water partition coefficient (Wildman–Crippen LogP) is 10.3. The van der Waals surface area contributed by atoms with Crippen LogP contribution >= 0.6 is 45.2 Å². The van der Waals surface area contributed by atoms with Crippen LogP contribution in [-0.2, 0) is 0 Å². The normalized spacial score (nSPS) is 12.0. The molecule has 166 valence electrons. The zero-order valence-electron chi connectivity index (χ0n) is 20.4. The van der Waals surface area contributed by atoms with Crippen LogP contribution in [0.5, 0.6) is 0 Å². The lowest BCUT2D eigenvalue weighted by Gasteiger charge is -2.10. The highest BCUT2D eigenvalue weighted by molar-refractivity contribution is 14.1. The minimum atomic E-state index is 0.512. The molecule has 0 radical (unpaired) electrons. The Morgan fingerprint density at radius 3 is 1.19 bits per heavy atom. The SMILES string of the molecule is Cc1ccc(C(C)C)cc2c(C)c(I)c(-c3c(I)c(C)c4cc(C(C)C)ccc(C)c3-4)c1-2. The molecule has 0 atom stereocenters. The largest absolute Gasteiger partial charge is 0.0587 e. The summed E-state index contributed by atoms with van der Waals surface area (Å²) in [7, 11) is 0. The molecule has 0 spiro atoms. The first-order chi connectivity index (χ1) is 15.0. The van der Waals surface area contributed by atoms with Gasteiger partial charge in [0.2, 0.25) is 0 Å². The van der Waals surface area contributed by atoms with Gasteiger partial charge < -0.3 is 0 Å². The van der Waals surface area contributed by atoms with Crippen molar-refractivity contribution in [2.75, 3.05) is 0 Å². The Labute approximate surface area is 221 Å². The number of hydrogen-bond acceptors (Lipinski definition) is 0. The van der Waals surface area contributed by atoms with Crippen molar-refractivity contribution in [1.82, 2.24) is 0 Å². The highest BCUT2D eigenvalue weighted by Gasteiger charge is 2.29. The second-order valence-corrected chi connectivity index (χ2v) is 12.0. The van der Waals surface area contributed by atoms with Gasteiger partial charge in [-0.15, -0.1) is 0 Å². The Morgan fingerprint density at radius 1 is 0.531 bits per heavy atom. The van der Waals surface area contributed by atoms with E-state index < -0.39 is 0 Å². The van der Waals surface area contributed by atoms with Crippen molar-refractivity contribution < 1.29 is 0 Å². The van der Waals surface area contributed by atoms with Crippen molar-refractivity contribution in [1.29, 1.82) is 0 Å². The number of hydrogen-bond donors (Lipinski definition) is 0. The molecule has 4 aliphatic rings. The molecular weight excluding hydrogens is 614 g/mol. The smallest absolute Gasteiger partial charge is 0.0251 e. The van der Waals surface area contributed by atoms with Crippen LogP contribution in [0.2, 0.25) is 0 Å². The van der Waals surface area contributed by atoms with Gasteiger partial charge in [-0.05, 0) is 140 Å². The molecule has 0 amide bonds. The van der Waals surface area contributed by atoms with E-state index >= 15 is 0 Å². The van der Waals surface area contributed by atoms with Crippen molar-refractivity contribution in [3.8, 4) is 33.4 Å². The van der Waals surface area contributed by atoms with E-state index in [2.05, 4.69) is 137 Å². The molecule has 4 aliphatic carbocycles.